The van der Waals surface area contributed by atoms with Crippen LogP contribution in [0.1, 0.15) is 16.8 Å². The monoisotopic (exact) mass is 312 g/mol. The lowest BCUT2D eigenvalue weighted by Gasteiger charge is -2.20. The zero-order chi connectivity index (χ0) is 15.6. The largest absolute Gasteiger partial charge is 0.381 e. The number of fused-ring (bicyclic) bond motifs is 4. The molecule has 2 saturated heterocycles. The summed E-state index contributed by atoms with van der Waals surface area (Å²) in [5.41, 5.74) is 2.40. The van der Waals surface area contributed by atoms with Gasteiger partial charge < -0.3 is 9.64 Å². The number of hydrogen-bond donors (Lipinski definition) is 0. The maximum absolute atomic E-state index is 12.9. The van der Waals surface area contributed by atoms with Crippen molar-refractivity contribution in [3.63, 3.8) is 0 Å². The standard InChI is InChI=1S/C17H20N4O2/c1-20-16-3-10(4-18-15(16)5-19-20)17(22)21-6-11-2-12-8-23-9-14(12)13(11)7-21/h3-5,11-14H,2,6-9H2,1H3/t11-,12+,13+,14-/m0/s1. The Balaban J connectivity index is 1.39. The molecule has 1 saturated carbocycles. The minimum absolute atomic E-state index is 0.102. The Bertz CT molecular complexity index is 786. The molecule has 3 fully saturated rings. The van der Waals surface area contributed by atoms with E-state index in [4.69, 9.17) is 4.74 Å². The third-order valence-corrected chi connectivity index (χ3v) is 6.03. The van der Waals surface area contributed by atoms with Crippen LogP contribution in [-0.2, 0) is 11.8 Å². The van der Waals surface area contributed by atoms with Crippen molar-refractivity contribution in [2.45, 2.75) is 6.42 Å². The fourth-order valence-electron chi connectivity index (χ4n) is 4.84. The minimum atomic E-state index is 0.102. The molecule has 6 heteroatoms. The van der Waals surface area contributed by atoms with Crippen LogP contribution in [0.4, 0.5) is 0 Å². The first kappa shape index (κ1) is 13.5. The summed E-state index contributed by atoms with van der Waals surface area (Å²) in [6.45, 7) is 3.57. The highest BCUT2D eigenvalue weighted by Crippen LogP contribution is 2.48. The number of pyridine rings is 1. The number of carbonyl (C=O) groups excluding carboxylic acids is 1. The van der Waals surface area contributed by atoms with Crippen molar-refractivity contribution in [2.24, 2.45) is 30.7 Å². The molecule has 120 valence electrons. The molecule has 4 heterocycles. The molecule has 0 unspecified atom stereocenters. The fourth-order valence-corrected chi connectivity index (χ4v) is 4.84. The van der Waals surface area contributed by atoms with E-state index < -0.39 is 0 Å². The second-order valence-corrected chi connectivity index (χ2v) is 7.23. The first-order valence-electron chi connectivity index (χ1n) is 8.35. The Morgan fingerprint density at radius 1 is 1.22 bits per heavy atom. The van der Waals surface area contributed by atoms with Crippen molar-refractivity contribution >= 4 is 16.9 Å². The Labute approximate surface area is 134 Å². The van der Waals surface area contributed by atoms with Gasteiger partial charge in [0, 0.05) is 32.9 Å². The van der Waals surface area contributed by atoms with Crippen molar-refractivity contribution in [1.29, 1.82) is 0 Å². The molecule has 2 aromatic rings. The number of ether oxygens (including phenoxy) is 1. The van der Waals surface area contributed by atoms with Gasteiger partial charge in [-0.3, -0.25) is 14.5 Å². The molecule has 1 amide bonds. The quantitative estimate of drug-likeness (QED) is 0.797. The van der Waals surface area contributed by atoms with E-state index in [-0.39, 0.29) is 5.91 Å². The Hall–Kier alpha value is -1.95. The Morgan fingerprint density at radius 3 is 3.04 bits per heavy atom. The Kier molecular flexibility index (Phi) is 2.80. The minimum Gasteiger partial charge on any atom is -0.381 e. The third-order valence-electron chi connectivity index (χ3n) is 6.03. The van der Waals surface area contributed by atoms with E-state index in [2.05, 4.69) is 10.1 Å². The van der Waals surface area contributed by atoms with Gasteiger partial charge in [0.05, 0.1) is 23.9 Å². The van der Waals surface area contributed by atoms with Crippen molar-refractivity contribution in [3.8, 4) is 0 Å². The van der Waals surface area contributed by atoms with Crippen molar-refractivity contribution < 1.29 is 9.53 Å². The average molecular weight is 312 g/mol. The Morgan fingerprint density at radius 2 is 2.13 bits per heavy atom. The second-order valence-electron chi connectivity index (χ2n) is 7.23. The molecule has 3 aliphatic rings. The fraction of sp³-hybridized carbons (Fsp3) is 0.588. The van der Waals surface area contributed by atoms with Crippen molar-refractivity contribution in [2.75, 3.05) is 26.3 Å². The summed E-state index contributed by atoms with van der Waals surface area (Å²) < 4.78 is 7.39. The van der Waals surface area contributed by atoms with Gasteiger partial charge in [0.15, 0.2) is 0 Å². The molecule has 0 bridgehead atoms. The van der Waals surface area contributed by atoms with Gasteiger partial charge in [-0.25, -0.2) is 0 Å². The molecule has 4 atom stereocenters. The van der Waals surface area contributed by atoms with E-state index in [1.807, 2.05) is 18.0 Å². The molecule has 2 aromatic heterocycles. The number of likely N-dealkylation sites (tertiary alicyclic amines) is 1. The maximum atomic E-state index is 12.9. The number of rotatable bonds is 1. The van der Waals surface area contributed by atoms with Crippen LogP contribution in [0.3, 0.4) is 0 Å². The first-order chi connectivity index (χ1) is 11.2. The van der Waals surface area contributed by atoms with E-state index in [1.54, 1.807) is 17.1 Å². The first-order valence-corrected chi connectivity index (χ1v) is 8.35. The van der Waals surface area contributed by atoms with Gasteiger partial charge >= 0.3 is 0 Å². The number of nitrogens with zero attached hydrogens (tertiary/aromatic N) is 4. The molecule has 23 heavy (non-hydrogen) atoms. The predicted molar refractivity (Wildman–Crippen MR) is 83.8 cm³/mol. The lowest BCUT2D eigenvalue weighted by Crippen LogP contribution is -2.31. The topological polar surface area (TPSA) is 60.2 Å². The highest BCUT2D eigenvalue weighted by atomic mass is 16.5. The van der Waals surface area contributed by atoms with Gasteiger partial charge in [0.2, 0.25) is 0 Å². The summed E-state index contributed by atoms with van der Waals surface area (Å²) in [5.74, 6) is 2.78. The zero-order valence-electron chi connectivity index (χ0n) is 13.2. The van der Waals surface area contributed by atoms with E-state index in [1.165, 1.54) is 6.42 Å². The molecule has 0 aromatic carbocycles. The molecule has 6 nitrogen and oxygen atoms in total. The number of aryl methyl sites for hydroxylation is 1. The molecule has 1 aliphatic carbocycles. The van der Waals surface area contributed by atoms with Crippen molar-refractivity contribution in [3.05, 3.63) is 24.0 Å². The molecule has 0 radical (unpaired) electrons. The summed E-state index contributed by atoms with van der Waals surface area (Å²) in [5, 5.41) is 4.19. The summed E-state index contributed by atoms with van der Waals surface area (Å²) in [4.78, 5) is 19.3. The zero-order valence-corrected chi connectivity index (χ0v) is 13.2. The van der Waals surface area contributed by atoms with E-state index in [0.29, 0.717) is 23.3 Å². The van der Waals surface area contributed by atoms with Crippen LogP contribution < -0.4 is 0 Å². The SMILES string of the molecule is Cn1ncc2ncc(C(=O)N3C[C@@H]4C[C@@H]5COC[C@@H]5[C@@H]4C3)cc21. The molecular weight excluding hydrogens is 292 g/mol. The number of aromatic nitrogens is 3. The summed E-state index contributed by atoms with van der Waals surface area (Å²) in [6.07, 6.45) is 4.63. The highest BCUT2D eigenvalue weighted by molar-refractivity contribution is 5.96. The molecule has 0 spiro atoms. The van der Waals surface area contributed by atoms with Gasteiger partial charge in [0.25, 0.3) is 5.91 Å². The van der Waals surface area contributed by atoms with Gasteiger partial charge in [-0.1, -0.05) is 0 Å². The number of carbonyl (C=O) groups is 1. The smallest absolute Gasteiger partial charge is 0.255 e. The number of hydrogen-bond acceptors (Lipinski definition) is 4. The maximum Gasteiger partial charge on any atom is 0.255 e. The average Bonchev–Trinajstić information content (AvgIpc) is 3.28. The van der Waals surface area contributed by atoms with Crippen LogP contribution in [0.2, 0.25) is 0 Å². The van der Waals surface area contributed by atoms with Crippen LogP contribution in [0.5, 0.6) is 0 Å². The van der Waals surface area contributed by atoms with Gasteiger partial charge in [-0.15, -0.1) is 0 Å². The van der Waals surface area contributed by atoms with Crippen LogP contribution in [0.25, 0.3) is 11.0 Å². The van der Waals surface area contributed by atoms with Gasteiger partial charge in [-0.05, 0) is 36.2 Å². The van der Waals surface area contributed by atoms with Crippen LogP contribution in [-0.4, -0.2) is 51.9 Å². The molecular formula is C17H20N4O2. The van der Waals surface area contributed by atoms with E-state index >= 15 is 0 Å². The summed E-state index contributed by atoms with van der Waals surface area (Å²) in [7, 11) is 1.87. The third kappa shape index (κ3) is 1.94. The normalized spacial score (nSPS) is 32.5. The van der Waals surface area contributed by atoms with Gasteiger partial charge in [-0.2, -0.15) is 5.10 Å². The molecule has 0 N–H and O–H groups in total. The highest BCUT2D eigenvalue weighted by Gasteiger charge is 2.50. The predicted octanol–water partition coefficient (Wildman–Crippen LogP) is 1.32. The second kappa shape index (κ2) is 4.77. The van der Waals surface area contributed by atoms with E-state index in [0.717, 1.165) is 43.3 Å². The van der Waals surface area contributed by atoms with Crippen molar-refractivity contribution in [1.82, 2.24) is 19.7 Å². The molecule has 5 rings (SSSR count). The summed E-state index contributed by atoms with van der Waals surface area (Å²) >= 11 is 0. The summed E-state index contributed by atoms with van der Waals surface area (Å²) in [6, 6.07) is 1.91. The lowest BCUT2D eigenvalue weighted by molar-refractivity contribution is 0.0773. The number of amides is 1. The lowest BCUT2D eigenvalue weighted by atomic mass is 9.91. The van der Waals surface area contributed by atoms with Gasteiger partial charge in [0.1, 0.15) is 5.52 Å². The van der Waals surface area contributed by atoms with E-state index in [9.17, 15) is 4.79 Å². The van der Waals surface area contributed by atoms with Crippen LogP contribution >= 0.6 is 0 Å². The van der Waals surface area contributed by atoms with Crippen LogP contribution in [0.15, 0.2) is 18.5 Å². The van der Waals surface area contributed by atoms with Crippen LogP contribution in [0, 0.1) is 23.7 Å². The molecule has 2 aliphatic heterocycles.